The molecule has 5 heteroatoms. The maximum atomic E-state index is 11.9. The van der Waals surface area contributed by atoms with Crippen molar-refractivity contribution in [2.75, 3.05) is 32.2 Å². The van der Waals surface area contributed by atoms with Crippen molar-refractivity contribution in [1.29, 1.82) is 0 Å². The highest BCUT2D eigenvalue weighted by molar-refractivity contribution is 7.91. The molecule has 2 atom stereocenters. The fraction of sp³-hybridized carbons (Fsp3) is 0.600. The average molecular weight is 297 g/mol. The molecule has 1 aromatic carbocycles. The van der Waals surface area contributed by atoms with Crippen molar-refractivity contribution in [2.45, 2.75) is 18.8 Å². The van der Waals surface area contributed by atoms with Crippen LogP contribution in [0.25, 0.3) is 0 Å². The zero-order valence-corrected chi connectivity index (χ0v) is 12.9. The summed E-state index contributed by atoms with van der Waals surface area (Å²) in [6, 6.07) is 7.96. The number of benzene rings is 1. The molecule has 1 aliphatic heterocycles. The fourth-order valence-electron chi connectivity index (χ4n) is 3.02. The van der Waals surface area contributed by atoms with E-state index in [1.165, 1.54) is 0 Å². The molecule has 20 heavy (non-hydrogen) atoms. The van der Waals surface area contributed by atoms with Gasteiger partial charge < -0.3 is 10.1 Å². The zero-order valence-electron chi connectivity index (χ0n) is 12.1. The third-order valence-electron chi connectivity index (χ3n) is 4.01. The highest BCUT2D eigenvalue weighted by atomic mass is 32.2. The normalized spacial score (nSPS) is 23.2. The van der Waals surface area contributed by atoms with Crippen LogP contribution in [0.5, 0.6) is 5.75 Å². The number of methoxy groups -OCH3 is 1. The van der Waals surface area contributed by atoms with E-state index in [-0.39, 0.29) is 11.8 Å². The van der Waals surface area contributed by atoms with Gasteiger partial charge in [-0.15, -0.1) is 0 Å². The van der Waals surface area contributed by atoms with Gasteiger partial charge in [0.1, 0.15) is 5.75 Å². The first-order chi connectivity index (χ1) is 9.55. The number of hydrogen-bond acceptors (Lipinski definition) is 4. The van der Waals surface area contributed by atoms with E-state index in [0.29, 0.717) is 11.5 Å². The minimum atomic E-state index is -2.88. The van der Waals surface area contributed by atoms with Crippen LogP contribution in [0.4, 0.5) is 0 Å². The Labute approximate surface area is 121 Å². The second-order valence-electron chi connectivity index (χ2n) is 5.46. The maximum absolute atomic E-state index is 11.9. The largest absolute Gasteiger partial charge is 0.497 e. The molecule has 1 saturated heterocycles. The van der Waals surface area contributed by atoms with Gasteiger partial charge in [-0.05, 0) is 43.5 Å². The maximum Gasteiger partial charge on any atom is 0.150 e. The van der Waals surface area contributed by atoms with Crippen LogP contribution in [0.2, 0.25) is 0 Å². The van der Waals surface area contributed by atoms with Gasteiger partial charge in [0.15, 0.2) is 9.84 Å². The Bertz CT molecular complexity index is 542. The van der Waals surface area contributed by atoms with Crippen molar-refractivity contribution in [2.24, 2.45) is 5.92 Å². The molecule has 0 spiro atoms. The molecule has 1 N–H and O–H groups in total. The van der Waals surface area contributed by atoms with Gasteiger partial charge in [0.05, 0.1) is 18.6 Å². The number of nitrogens with one attached hydrogen (secondary N) is 1. The van der Waals surface area contributed by atoms with Crippen LogP contribution in [-0.4, -0.2) is 40.6 Å². The Morgan fingerprint density at radius 3 is 2.90 bits per heavy atom. The van der Waals surface area contributed by atoms with E-state index in [1.807, 2.05) is 25.2 Å². The summed E-state index contributed by atoms with van der Waals surface area (Å²) < 4.78 is 29.0. The molecule has 0 bridgehead atoms. The predicted octanol–water partition coefficient (Wildman–Crippen LogP) is 1.82. The molecular weight excluding hydrogens is 274 g/mol. The van der Waals surface area contributed by atoms with Gasteiger partial charge in [-0.25, -0.2) is 8.42 Å². The Hall–Kier alpha value is -1.07. The molecular formula is C15H23NO3S. The van der Waals surface area contributed by atoms with Gasteiger partial charge >= 0.3 is 0 Å². The number of hydrogen-bond donors (Lipinski definition) is 1. The van der Waals surface area contributed by atoms with Crippen molar-refractivity contribution in [3.63, 3.8) is 0 Å². The van der Waals surface area contributed by atoms with Gasteiger partial charge in [-0.1, -0.05) is 12.1 Å². The Balaban J connectivity index is 2.25. The molecule has 112 valence electrons. The molecule has 1 aromatic rings. The summed E-state index contributed by atoms with van der Waals surface area (Å²) >= 11 is 0. The lowest BCUT2D eigenvalue weighted by Crippen LogP contribution is -2.33. The summed E-state index contributed by atoms with van der Waals surface area (Å²) in [6.45, 7) is 0.785. The van der Waals surface area contributed by atoms with Crippen LogP contribution < -0.4 is 10.1 Å². The molecule has 2 unspecified atom stereocenters. The number of rotatable bonds is 5. The third-order valence-corrected chi connectivity index (χ3v) is 5.86. The lowest BCUT2D eigenvalue weighted by molar-refractivity contribution is 0.392. The molecule has 0 aromatic heterocycles. The summed E-state index contributed by atoms with van der Waals surface area (Å²) in [4.78, 5) is 0. The van der Waals surface area contributed by atoms with E-state index < -0.39 is 9.84 Å². The summed E-state index contributed by atoms with van der Waals surface area (Å²) in [6.07, 6.45) is 1.75. The van der Waals surface area contributed by atoms with Gasteiger partial charge in [0, 0.05) is 12.5 Å². The van der Waals surface area contributed by atoms with E-state index in [0.717, 1.165) is 30.7 Å². The Kier molecular flexibility index (Phi) is 5.05. The van der Waals surface area contributed by atoms with Crippen LogP contribution in [0, 0.1) is 5.92 Å². The molecule has 1 heterocycles. The van der Waals surface area contributed by atoms with E-state index in [1.54, 1.807) is 7.11 Å². The minimum absolute atomic E-state index is 0.188. The smallest absolute Gasteiger partial charge is 0.150 e. The highest BCUT2D eigenvalue weighted by Gasteiger charge is 2.31. The summed E-state index contributed by atoms with van der Waals surface area (Å²) in [5, 5.41) is 3.19. The number of likely N-dealkylation sites (N-methyl/N-ethyl adjacent to an activating group) is 1. The van der Waals surface area contributed by atoms with E-state index >= 15 is 0 Å². The molecule has 4 nitrogen and oxygen atoms in total. The molecule has 0 aliphatic carbocycles. The molecule has 1 aliphatic rings. The second kappa shape index (κ2) is 6.59. The third kappa shape index (κ3) is 3.73. The molecule has 0 radical (unpaired) electrons. The van der Waals surface area contributed by atoms with Crippen LogP contribution in [0.1, 0.15) is 24.3 Å². The van der Waals surface area contributed by atoms with Crippen LogP contribution >= 0.6 is 0 Å². The minimum Gasteiger partial charge on any atom is -0.497 e. The fourth-order valence-corrected chi connectivity index (χ4v) is 4.85. The SMILES string of the molecule is CNCC(c1cccc(OC)c1)C1CCCS(=O)(=O)C1. The lowest BCUT2D eigenvalue weighted by atomic mass is 9.84. The summed E-state index contributed by atoms with van der Waals surface area (Å²) in [7, 11) is 0.679. The van der Waals surface area contributed by atoms with Gasteiger partial charge in [0.25, 0.3) is 0 Å². The monoisotopic (exact) mass is 297 g/mol. The van der Waals surface area contributed by atoms with Gasteiger partial charge in [-0.3, -0.25) is 0 Å². The first-order valence-corrected chi connectivity index (χ1v) is 8.87. The lowest BCUT2D eigenvalue weighted by Gasteiger charge is -2.30. The second-order valence-corrected chi connectivity index (χ2v) is 7.69. The van der Waals surface area contributed by atoms with Crippen molar-refractivity contribution >= 4 is 9.84 Å². The van der Waals surface area contributed by atoms with Gasteiger partial charge in [0.2, 0.25) is 0 Å². The van der Waals surface area contributed by atoms with Crippen LogP contribution in [0.15, 0.2) is 24.3 Å². The van der Waals surface area contributed by atoms with Crippen molar-refractivity contribution in [1.82, 2.24) is 5.32 Å². The Morgan fingerprint density at radius 2 is 2.25 bits per heavy atom. The van der Waals surface area contributed by atoms with E-state index in [9.17, 15) is 8.42 Å². The van der Waals surface area contributed by atoms with Crippen molar-refractivity contribution in [3.8, 4) is 5.75 Å². The van der Waals surface area contributed by atoms with E-state index in [4.69, 9.17) is 4.74 Å². The van der Waals surface area contributed by atoms with Crippen molar-refractivity contribution < 1.29 is 13.2 Å². The van der Waals surface area contributed by atoms with E-state index in [2.05, 4.69) is 11.4 Å². The first-order valence-electron chi connectivity index (χ1n) is 7.04. The molecule has 2 rings (SSSR count). The summed E-state index contributed by atoms with van der Waals surface area (Å²) in [5.41, 5.74) is 1.15. The molecule has 0 amide bonds. The van der Waals surface area contributed by atoms with Gasteiger partial charge in [-0.2, -0.15) is 0 Å². The summed E-state index contributed by atoms with van der Waals surface area (Å²) in [5.74, 6) is 1.87. The molecule has 1 fully saturated rings. The van der Waals surface area contributed by atoms with Crippen LogP contribution in [-0.2, 0) is 9.84 Å². The predicted molar refractivity (Wildman–Crippen MR) is 81.0 cm³/mol. The standard InChI is InChI=1S/C15H23NO3S/c1-16-10-15(12-5-3-7-14(9-12)19-2)13-6-4-8-20(17,18)11-13/h3,5,7,9,13,15-16H,4,6,8,10-11H2,1-2H3. The first kappa shape index (κ1) is 15.3. The number of sulfone groups is 1. The highest BCUT2D eigenvalue weighted by Crippen LogP contribution is 2.33. The Morgan fingerprint density at radius 1 is 1.45 bits per heavy atom. The quantitative estimate of drug-likeness (QED) is 0.901. The van der Waals surface area contributed by atoms with Crippen LogP contribution in [0.3, 0.4) is 0 Å². The number of ether oxygens (including phenoxy) is 1. The zero-order chi connectivity index (χ0) is 14.6. The molecule has 0 saturated carbocycles. The average Bonchev–Trinajstić information content (AvgIpc) is 2.43. The topological polar surface area (TPSA) is 55.4 Å². The van der Waals surface area contributed by atoms with Crippen molar-refractivity contribution in [3.05, 3.63) is 29.8 Å².